The molecular weight excluding hydrogens is 287 g/mol. The number of halogens is 1. The van der Waals surface area contributed by atoms with Gasteiger partial charge in [-0.05, 0) is 0 Å². The maximum atomic E-state index is 14.2. The zero-order chi connectivity index (χ0) is 15.3. The maximum absolute atomic E-state index is 14.2. The average molecular weight is 300 g/mol. The fraction of sp³-hybridized carbons (Fsp3) is 0.636. The first-order valence-corrected chi connectivity index (χ1v) is 6.17. The molecule has 4 N–H and O–H groups in total. The largest absolute Gasteiger partial charge is 0.394 e. The number of rotatable bonds is 3. The summed E-state index contributed by atoms with van der Waals surface area (Å²) in [4.78, 5) is 15.6. The van der Waals surface area contributed by atoms with Crippen LogP contribution >= 0.6 is 0 Å². The van der Waals surface area contributed by atoms with Crippen LogP contribution in [-0.4, -0.2) is 87.6 Å². The minimum absolute atomic E-state index is 0.272. The summed E-state index contributed by atoms with van der Waals surface area (Å²) in [5.74, 6) is -3.46. The molecule has 3 rings (SSSR count). The van der Waals surface area contributed by atoms with Crippen LogP contribution < -0.4 is 0 Å². The van der Waals surface area contributed by atoms with E-state index in [-0.39, 0.29) is 11.5 Å². The predicted molar refractivity (Wildman–Crippen MR) is 69.5 cm³/mol. The topological polar surface area (TPSA) is 140 Å². The molecule has 10 heteroatoms. The van der Waals surface area contributed by atoms with Crippen molar-refractivity contribution in [3.63, 3.8) is 0 Å². The number of aliphatic imine (C=N–C) groups is 4. The Morgan fingerprint density at radius 1 is 1.38 bits per heavy atom. The Morgan fingerprint density at radius 2 is 2.14 bits per heavy atom. The molecule has 0 aromatic rings. The Labute approximate surface area is 117 Å². The molecule has 0 spiro atoms. The summed E-state index contributed by atoms with van der Waals surface area (Å²) >= 11 is 0. The molecule has 5 atom stereocenters. The lowest BCUT2D eigenvalue weighted by atomic mass is 10.0. The highest BCUT2D eigenvalue weighted by Gasteiger charge is 2.59. The Kier molecular flexibility index (Phi) is 3.22. The minimum Gasteiger partial charge on any atom is -0.394 e. The summed E-state index contributed by atoms with van der Waals surface area (Å²) in [5.41, 5.74) is -1.16. The summed E-state index contributed by atoms with van der Waals surface area (Å²) in [7, 11) is 0. The van der Waals surface area contributed by atoms with Crippen LogP contribution in [0.4, 0.5) is 4.39 Å². The third-order valence-electron chi connectivity index (χ3n) is 3.58. The van der Waals surface area contributed by atoms with Gasteiger partial charge in [-0.25, -0.2) is 24.4 Å². The molecule has 0 aromatic heterocycles. The number of nitrogens with zero attached hydrogens (tertiary/aromatic N) is 4. The second-order valence-corrected chi connectivity index (χ2v) is 4.87. The van der Waals surface area contributed by atoms with Crippen LogP contribution in [0.2, 0.25) is 0 Å². The van der Waals surface area contributed by atoms with Crippen LogP contribution in [0.1, 0.15) is 0 Å². The highest BCUT2D eigenvalue weighted by atomic mass is 19.2. The smallest absolute Gasteiger partial charge is 0.269 e. The van der Waals surface area contributed by atoms with E-state index in [9.17, 15) is 19.7 Å². The SMILES string of the molecule is OC[C@H]1OC(C2=NC3(CO)N=CN=C3C=N2)[C@](O)(F)[C@@H]1O. The average Bonchev–Trinajstić information content (AvgIpc) is 2.99. The Morgan fingerprint density at radius 3 is 2.76 bits per heavy atom. The first-order chi connectivity index (χ1) is 9.94. The van der Waals surface area contributed by atoms with Crippen LogP contribution in [0.5, 0.6) is 0 Å². The van der Waals surface area contributed by atoms with E-state index in [2.05, 4.69) is 20.0 Å². The molecule has 21 heavy (non-hydrogen) atoms. The number of amidine groups is 1. The number of alkyl halides is 1. The Hall–Kier alpha value is -1.59. The first-order valence-electron chi connectivity index (χ1n) is 6.17. The highest BCUT2D eigenvalue weighted by Crippen LogP contribution is 2.35. The Balaban J connectivity index is 1.96. The van der Waals surface area contributed by atoms with Gasteiger partial charge < -0.3 is 25.2 Å². The van der Waals surface area contributed by atoms with E-state index in [0.29, 0.717) is 0 Å². The number of hydrogen-bond acceptors (Lipinski definition) is 9. The van der Waals surface area contributed by atoms with Gasteiger partial charge in [-0.1, -0.05) is 0 Å². The predicted octanol–water partition coefficient (Wildman–Crippen LogP) is -2.58. The maximum Gasteiger partial charge on any atom is 0.269 e. The van der Waals surface area contributed by atoms with E-state index in [4.69, 9.17) is 9.84 Å². The molecule has 2 unspecified atom stereocenters. The number of aliphatic hydroxyl groups is 4. The number of aliphatic hydroxyl groups excluding tert-OH is 3. The van der Waals surface area contributed by atoms with Crippen molar-refractivity contribution in [1.29, 1.82) is 0 Å². The highest BCUT2D eigenvalue weighted by molar-refractivity contribution is 6.40. The van der Waals surface area contributed by atoms with E-state index < -0.39 is 43.0 Å². The third kappa shape index (κ3) is 1.95. The standard InChI is InChI=1S/C11H13FN4O5/c12-11(20)7(19)5(2-17)21-8(11)9-13-1-6-10(3-18,16-9)15-4-14-6/h1,4-5,7-8,17-20H,2-3H2/t5-,7-,8?,10?,11+/m1/s1. The molecule has 3 aliphatic heterocycles. The second-order valence-electron chi connectivity index (χ2n) is 4.87. The fourth-order valence-electron chi connectivity index (χ4n) is 2.35. The van der Waals surface area contributed by atoms with Crippen LogP contribution in [0.3, 0.4) is 0 Å². The van der Waals surface area contributed by atoms with Crippen molar-refractivity contribution in [3.05, 3.63) is 0 Å². The van der Waals surface area contributed by atoms with Crippen molar-refractivity contribution < 1.29 is 29.6 Å². The lowest BCUT2D eigenvalue weighted by Gasteiger charge is -2.27. The van der Waals surface area contributed by atoms with Gasteiger partial charge in [0.2, 0.25) is 5.66 Å². The Bertz CT molecular complexity index is 575. The molecule has 9 nitrogen and oxygen atoms in total. The summed E-state index contributed by atoms with van der Waals surface area (Å²) in [5, 5.41) is 37.8. The van der Waals surface area contributed by atoms with Crippen molar-refractivity contribution in [2.45, 2.75) is 29.8 Å². The lowest BCUT2D eigenvalue weighted by Crippen LogP contribution is -2.50. The van der Waals surface area contributed by atoms with Gasteiger partial charge in [-0.2, -0.15) is 0 Å². The normalized spacial score (nSPS) is 44.7. The monoisotopic (exact) mass is 300 g/mol. The van der Waals surface area contributed by atoms with Crippen molar-refractivity contribution in [2.75, 3.05) is 13.2 Å². The summed E-state index contributed by atoms with van der Waals surface area (Å²) in [6.45, 7) is -1.21. The molecule has 0 saturated carbocycles. The minimum atomic E-state index is -3.17. The van der Waals surface area contributed by atoms with Crippen LogP contribution in [-0.2, 0) is 4.74 Å². The van der Waals surface area contributed by atoms with Gasteiger partial charge in [-0.15, -0.1) is 0 Å². The molecule has 114 valence electrons. The van der Waals surface area contributed by atoms with Crippen molar-refractivity contribution in [1.82, 2.24) is 0 Å². The van der Waals surface area contributed by atoms with Gasteiger partial charge in [0.1, 0.15) is 24.3 Å². The summed E-state index contributed by atoms with van der Waals surface area (Å²) < 4.78 is 19.3. The van der Waals surface area contributed by atoms with E-state index >= 15 is 0 Å². The molecule has 3 aliphatic rings. The molecule has 3 heterocycles. The van der Waals surface area contributed by atoms with Gasteiger partial charge >= 0.3 is 0 Å². The third-order valence-corrected chi connectivity index (χ3v) is 3.58. The fourth-order valence-corrected chi connectivity index (χ4v) is 2.35. The quantitative estimate of drug-likeness (QED) is 0.453. The molecule has 1 saturated heterocycles. The van der Waals surface area contributed by atoms with Gasteiger partial charge in [0.15, 0.2) is 11.9 Å². The van der Waals surface area contributed by atoms with Crippen molar-refractivity contribution in [2.24, 2.45) is 20.0 Å². The van der Waals surface area contributed by atoms with E-state index in [0.717, 1.165) is 0 Å². The molecular formula is C11H13FN4O5. The molecule has 0 bridgehead atoms. The summed E-state index contributed by atoms with van der Waals surface area (Å²) in [6, 6.07) is 0. The number of fused-ring (bicyclic) bond motifs is 1. The molecule has 0 radical (unpaired) electrons. The zero-order valence-electron chi connectivity index (χ0n) is 10.7. The van der Waals surface area contributed by atoms with Gasteiger partial charge in [0.25, 0.3) is 5.85 Å². The number of ether oxygens (including phenoxy) is 1. The lowest BCUT2D eigenvalue weighted by molar-refractivity contribution is -0.159. The van der Waals surface area contributed by atoms with Crippen LogP contribution in [0, 0.1) is 0 Å². The second kappa shape index (κ2) is 4.71. The van der Waals surface area contributed by atoms with Crippen LogP contribution in [0.25, 0.3) is 0 Å². The van der Waals surface area contributed by atoms with E-state index in [1.807, 2.05) is 0 Å². The van der Waals surface area contributed by atoms with E-state index in [1.54, 1.807) is 0 Å². The molecule has 0 aromatic carbocycles. The molecule has 0 aliphatic carbocycles. The molecule has 0 amide bonds. The van der Waals surface area contributed by atoms with Crippen molar-refractivity contribution in [3.8, 4) is 0 Å². The molecule has 1 fully saturated rings. The first kappa shape index (κ1) is 14.4. The van der Waals surface area contributed by atoms with Gasteiger partial charge in [-0.3, -0.25) is 0 Å². The van der Waals surface area contributed by atoms with Gasteiger partial charge in [0, 0.05) is 0 Å². The van der Waals surface area contributed by atoms with E-state index in [1.165, 1.54) is 12.6 Å². The summed E-state index contributed by atoms with van der Waals surface area (Å²) in [6.07, 6.45) is -2.55. The van der Waals surface area contributed by atoms with Crippen molar-refractivity contribution >= 4 is 24.1 Å². The zero-order valence-corrected chi connectivity index (χ0v) is 10.7. The van der Waals surface area contributed by atoms with Crippen LogP contribution in [0.15, 0.2) is 20.0 Å². The number of hydrogen-bond donors (Lipinski definition) is 4. The van der Waals surface area contributed by atoms with Gasteiger partial charge in [0.05, 0.1) is 19.4 Å².